The standard InChI is InChI=1S/C16H25NO2/c1-4-14(12-17-9-10-18-2)11-15-7-5-6-8-16(15)13-19-3/h5-8,11,17H,4,9-10,12-13H2,1-3H3. The van der Waals surface area contributed by atoms with Gasteiger partial charge in [0.25, 0.3) is 0 Å². The highest BCUT2D eigenvalue weighted by Crippen LogP contribution is 2.15. The normalized spacial score (nSPS) is 11.8. The molecule has 3 nitrogen and oxygen atoms in total. The average Bonchev–Trinajstić information content (AvgIpc) is 2.44. The molecule has 0 radical (unpaired) electrons. The molecule has 1 N–H and O–H groups in total. The van der Waals surface area contributed by atoms with Gasteiger partial charge in [0.15, 0.2) is 0 Å². The molecule has 0 heterocycles. The molecule has 0 unspecified atom stereocenters. The van der Waals surface area contributed by atoms with Crippen molar-refractivity contribution in [2.75, 3.05) is 33.9 Å². The third-order valence-corrected chi connectivity index (χ3v) is 3.00. The lowest BCUT2D eigenvalue weighted by Gasteiger charge is -2.09. The van der Waals surface area contributed by atoms with Crippen LogP contribution in [0.3, 0.4) is 0 Å². The van der Waals surface area contributed by atoms with Crippen LogP contribution >= 0.6 is 0 Å². The maximum atomic E-state index is 5.24. The molecule has 0 atom stereocenters. The predicted molar refractivity (Wildman–Crippen MR) is 80.2 cm³/mol. The Morgan fingerprint density at radius 3 is 2.68 bits per heavy atom. The molecule has 0 saturated heterocycles. The summed E-state index contributed by atoms with van der Waals surface area (Å²) in [6, 6.07) is 8.37. The van der Waals surface area contributed by atoms with E-state index in [0.29, 0.717) is 6.61 Å². The fourth-order valence-corrected chi connectivity index (χ4v) is 1.88. The lowest BCUT2D eigenvalue weighted by Crippen LogP contribution is -2.21. The van der Waals surface area contributed by atoms with E-state index in [1.807, 2.05) is 6.07 Å². The summed E-state index contributed by atoms with van der Waals surface area (Å²) < 4.78 is 10.3. The minimum Gasteiger partial charge on any atom is -0.383 e. The van der Waals surface area contributed by atoms with Gasteiger partial charge in [-0.3, -0.25) is 0 Å². The van der Waals surface area contributed by atoms with Crippen molar-refractivity contribution in [2.45, 2.75) is 20.0 Å². The molecule has 3 heteroatoms. The third-order valence-electron chi connectivity index (χ3n) is 3.00. The molecule has 0 spiro atoms. The Hall–Kier alpha value is -1.16. The maximum Gasteiger partial charge on any atom is 0.0718 e. The lowest BCUT2D eigenvalue weighted by molar-refractivity contribution is 0.184. The van der Waals surface area contributed by atoms with Crippen molar-refractivity contribution >= 4 is 6.08 Å². The quantitative estimate of drug-likeness (QED) is 0.695. The minimum absolute atomic E-state index is 0.654. The van der Waals surface area contributed by atoms with Gasteiger partial charge in [-0.1, -0.05) is 42.8 Å². The maximum absolute atomic E-state index is 5.24. The molecule has 0 amide bonds. The molecular weight excluding hydrogens is 238 g/mol. The van der Waals surface area contributed by atoms with Crippen molar-refractivity contribution < 1.29 is 9.47 Å². The van der Waals surface area contributed by atoms with E-state index in [2.05, 4.69) is 36.5 Å². The molecule has 1 aromatic carbocycles. The van der Waals surface area contributed by atoms with Crippen molar-refractivity contribution in [1.82, 2.24) is 5.32 Å². The van der Waals surface area contributed by atoms with Crippen LogP contribution in [0.25, 0.3) is 6.08 Å². The highest BCUT2D eigenvalue weighted by atomic mass is 16.5. The topological polar surface area (TPSA) is 30.5 Å². The third kappa shape index (κ3) is 6.01. The molecule has 19 heavy (non-hydrogen) atoms. The van der Waals surface area contributed by atoms with Gasteiger partial charge in [0.1, 0.15) is 0 Å². The van der Waals surface area contributed by atoms with Gasteiger partial charge in [-0.05, 0) is 17.5 Å². The Labute approximate surface area is 116 Å². The van der Waals surface area contributed by atoms with Crippen LogP contribution in [0.5, 0.6) is 0 Å². The number of methoxy groups -OCH3 is 2. The zero-order valence-corrected chi connectivity index (χ0v) is 12.2. The van der Waals surface area contributed by atoms with Crippen molar-refractivity contribution in [1.29, 1.82) is 0 Å². The first-order valence-corrected chi connectivity index (χ1v) is 6.77. The summed E-state index contributed by atoms with van der Waals surface area (Å²) in [6.45, 7) is 5.37. The average molecular weight is 263 g/mol. The Kier molecular flexibility index (Phi) is 8.14. The molecule has 106 valence electrons. The predicted octanol–water partition coefficient (Wildman–Crippen LogP) is 2.86. The fraction of sp³-hybridized carbons (Fsp3) is 0.500. The van der Waals surface area contributed by atoms with E-state index in [9.17, 15) is 0 Å². The second kappa shape index (κ2) is 9.73. The Morgan fingerprint density at radius 2 is 2.00 bits per heavy atom. The zero-order chi connectivity index (χ0) is 13.9. The van der Waals surface area contributed by atoms with Gasteiger partial charge in [0.05, 0.1) is 13.2 Å². The molecule has 0 fully saturated rings. The van der Waals surface area contributed by atoms with Gasteiger partial charge in [0.2, 0.25) is 0 Å². The van der Waals surface area contributed by atoms with Crippen LogP contribution in [0, 0.1) is 0 Å². The van der Waals surface area contributed by atoms with E-state index >= 15 is 0 Å². The first kappa shape index (κ1) is 15.9. The van der Waals surface area contributed by atoms with Crippen LogP contribution < -0.4 is 5.32 Å². The Balaban J connectivity index is 2.68. The summed E-state index contributed by atoms with van der Waals surface area (Å²) in [5, 5.41) is 3.38. The summed E-state index contributed by atoms with van der Waals surface area (Å²) in [5.41, 5.74) is 3.86. The smallest absolute Gasteiger partial charge is 0.0718 e. The monoisotopic (exact) mass is 263 g/mol. The van der Waals surface area contributed by atoms with E-state index in [4.69, 9.17) is 9.47 Å². The molecule has 0 bridgehead atoms. The van der Waals surface area contributed by atoms with E-state index in [-0.39, 0.29) is 0 Å². The highest BCUT2D eigenvalue weighted by Gasteiger charge is 2.01. The largest absolute Gasteiger partial charge is 0.383 e. The van der Waals surface area contributed by atoms with E-state index < -0.39 is 0 Å². The summed E-state index contributed by atoms with van der Waals surface area (Å²) in [6.07, 6.45) is 3.30. The van der Waals surface area contributed by atoms with E-state index in [0.717, 1.165) is 26.1 Å². The Bertz CT molecular complexity index is 388. The number of ether oxygens (including phenoxy) is 2. The van der Waals surface area contributed by atoms with Crippen molar-refractivity contribution in [2.24, 2.45) is 0 Å². The van der Waals surface area contributed by atoms with Gasteiger partial charge in [-0.25, -0.2) is 0 Å². The van der Waals surface area contributed by atoms with Crippen molar-refractivity contribution in [3.63, 3.8) is 0 Å². The first-order chi connectivity index (χ1) is 9.31. The second-order valence-electron chi connectivity index (χ2n) is 4.46. The first-order valence-electron chi connectivity index (χ1n) is 6.77. The fourth-order valence-electron chi connectivity index (χ4n) is 1.88. The highest BCUT2D eigenvalue weighted by molar-refractivity contribution is 5.56. The zero-order valence-electron chi connectivity index (χ0n) is 12.2. The number of rotatable bonds is 9. The molecule has 0 aliphatic carbocycles. The summed E-state index contributed by atoms with van der Waals surface area (Å²) >= 11 is 0. The van der Waals surface area contributed by atoms with Crippen LogP contribution in [-0.4, -0.2) is 33.9 Å². The van der Waals surface area contributed by atoms with Crippen LogP contribution in [0.2, 0.25) is 0 Å². The summed E-state index contributed by atoms with van der Waals surface area (Å²) in [4.78, 5) is 0. The summed E-state index contributed by atoms with van der Waals surface area (Å²) in [7, 11) is 3.45. The van der Waals surface area contributed by atoms with Gasteiger partial charge in [-0.2, -0.15) is 0 Å². The molecule has 0 saturated carbocycles. The SMILES string of the molecule is CCC(=Cc1ccccc1COC)CNCCOC. The number of benzene rings is 1. The van der Waals surface area contributed by atoms with Gasteiger partial charge in [0, 0.05) is 27.3 Å². The van der Waals surface area contributed by atoms with Crippen LogP contribution in [-0.2, 0) is 16.1 Å². The van der Waals surface area contributed by atoms with E-state index in [1.54, 1.807) is 14.2 Å². The van der Waals surface area contributed by atoms with Crippen molar-refractivity contribution in [3.05, 3.63) is 41.0 Å². The number of hydrogen-bond acceptors (Lipinski definition) is 3. The Morgan fingerprint density at radius 1 is 1.21 bits per heavy atom. The second-order valence-corrected chi connectivity index (χ2v) is 4.46. The number of hydrogen-bond donors (Lipinski definition) is 1. The van der Waals surface area contributed by atoms with E-state index in [1.165, 1.54) is 16.7 Å². The van der Waals surface area contributed by atoms with Crippen LogP contribution in [0.15, 0.2) is 29.8 Å². The number of nitrogens with one attached hydrogen (secondary N) is 1. The molecule has 0 aliphatic rings. The van der Waals surface area contributed by atoms with Gasteiger partial charge in [-0.15, -0.1) is 0 Å². The molecule has 1 rings (SSSR count). The van der Waals surface area contributed by atoms with Crippen LogP contribution in [0.1, 0.15) is 24.5 Å². The molecule has 1 aromatic rings. The minimum atomic E-state index is 0.654. The molecular formula is C16H25NO2. The van der Waals surface area contributed by atoms with Crippen molar-refractivity contribution in [3.8, 4) is 0 Å². The van der Waals surface area contributed by atoms with Gasteiger partial charge < -0.3 is 14.8 Å². The molecule has 0 aromatic heterocycles. The van der Waals surface area contributed by atoms with Crippen LogP contribution in [0.4, 0.5) is 0 Å². The molecule has 0 aliphatic heterocycles. The summed E-state index contributed by atoms with van der Waals surface area (Å²) in [5.74, 6) is 0. The lowest BCUT2D eigenvalue weighted by atomic mass is 10.0. The van der Waals surface area contributed by atoms with Gasteiger partial charge >= 0.3 is 0 Å².